The van der Waals surface area contributed by atoms with Crippen LogP contribution in [0.1, 0.15) is 0 Å². The zero-order valence-corrected chi connectivity index (χ0v) is 8.94. The molecule has 0 saturated carbocycles. The van der Waals surface area contributed by atoms with Crippen molar-refractivity contribution < 1.29 is 56.3 Å². The maximum Gasteiger partial charge on any atom is 1.00 e. The Labute approximate surface area is 105 Å². The number of hydrogen-bond donors (Lipinski definition) is 0. The summed E-state index contributed by atoms with van der Waals surface area (Å²) in [6, 6.07) is 1.47. The van der Waals surface area contributed by atoms with Gasteiger partial charge in [-0.3, -0.25) is 16.0 Å². The minimum Gasteiger partial charge on any atom is -0.762 e. The quantitative estimate of drug-likeness (QED) is 0.116. The van der Waals surface area contributed by atoms with Crippen LogP contribution in [0.25, 0.3) is 5.41 Å². The van der Waals surface area contributed by atoms with Crippen LogP contribution in [-0.2, 0) is 0 Å². The van der Waals surface area contributed by atoms with E-state index in [0.29, 0.717) is 6.20 Å². The van der Waals surface area contributed by atoms with Gasteiger partial charge < -0.3 is 5.41 Å². The maximum absolute atomic E-state index is 9.62. The number of allylic oxidation sites excluding steroid dienone is 2. The summed E-state index contributed by atoms with van der Waals surface area (Å²) < 4.78 is 0. The number of nitro groups is 1. The average Bonchev–Trinajstić information content (AvgIpc) is 1.90. The molecule has 0 aliphatic rings. The van der Waals surface area contributed by atoms with Gasteiger partial charge in [-0.1, -0.05) is 0 Å². The Kier molecular flexibility index (Phi) is 9.47. The van der Waals surface area contributed by atoms with Crippen molar-refractivity contribution in [1.82, 2.24) is 0 Å². The van der Waals surface area contributed by atoms with Crippen LogP contribution in [-0.4, -0.2) is 10.8 Å². The molecule has 0 aromatic rings. The fourth-order valence-electron chi connectivity index (χ4n) is 0.235. The van der Waals surface area contributed by atoms with Crippen LogP contribution in [0, 0.1) is 21.4 Å². The molecule has 0 saturated heterocycles. The van der Waals surface area contributed by atoms with Crippen LogP contribution in [0.2, 0.25) is 0 Å². The Morgan fingerprint density at radius 3 is 2.55 bits per heavy atom. The van der Waals surface area contributed by atoms with E-state index in [1.165, 1.54) is 11.9 Å². The van der Waals surface area contributed by atoms with Gasteiger partial charge in [0.05, 0.1) is 10.5 Å². The van der Waals surface area contributed by atoms with E-state index < -0.39 is 4.92 Å². The molecule has 0 aromatic carbocycles. The minimum atomic E-state index is -0.741. The third-order valence-electron chi connectivity index (χ3n) is 0.604. The average molecular weight is 175 g/mol. The molecule has 6 heteroatoms. The maximum atomic E-state index is 9.62. The number of nitrogens with zero attached hydrogens (tertiary/aromatic N) is 3. The summed E-state index contributed by atoms with van der Waals surface area (Å²) in [7, 11) is 0. The van der Waals surface area contributed by atoms with Gasteiger partial charge >= 0.3 is 51.4 Å². The van der Waals surface area contributed by atoms with E-state index in [-0.39, 0.29) is 57.0 Å². The smallest absolute Gasteiger partial charge is 0.762 e. The summed E-state index contributed by atoms with van der Waals surface area (Å²) in [5.41, 5.74) is -0.281. The first-order valence-corrected chi connectivity index (χ1v) is 2.19. The van der Waals surface area contributed by atoms with Gasteiger partial charge in [0.1, 0.15) is 6.07 Å². The van der Waals surface area contributed by atoms with Gasteiger partial charge in [-0.2, -0.15) is 5.26 Å². The summed E-state index contributed by atoms with van der Waals surface area (Å²) in [4.78, 5) is 8.88. The van der Waals surface area contributed by atoms with Crippen molar-refractivity contribution in [2.45, 2.75) is 0 Å². The monoisotopic (exact) mass is 175 g/mol. The van der Waals surface area contributed by atoms with Gasteiger partial charge in [0.25, 0.3) is 0 Å². The molecule has 0 rings (SSSR count). The Hall–Kier alpha value is -0.284. The van der Waals surface area contributed by atoms with Gasteiger partial charge in [0.15, 0.2) is 0 Å². The first-order chi connectivity index (χ1) is 4.70. The molecule has 0 aliphatic carbocycles. The molecule has 0 amide bonds. The van der Waals surface area contributed by atoms with Crippen LogP contribution in [0.4, 0.5) is 0 Å². The van der Waals surface area contributed by atoms with E-state index in [4.69, 9.17) is 10.7 Å². The molecule has 0 heterocycles. The second-order valence-electron chi connectivity index (χ2n) is 1.24. The first kappa shape index (κ1) is 13.3. The topological polar surface area (TPSA) is 89.2 Å². The second kappa shape index (κ2) is 7.82. The Morgan fingerprint density at radius 1 is 1.73 bits per heavy atom. The van der Waals surface area contributed by atoms with Crippen molar-refractivity contribution in [3.63, 3.8) is 0 Å². The standard InChI is InChI=1S/C5H2N3O2.K/c6-3-5(4-7)1-2-8(9)10;/h1-2H;/q-1;+1. The fourth-order valence-corrected chi connectivity index (χ4v) is 0.235. The summed E-state index contributed by atoms with van der Waals surface area (Å²) in [6.45, 7) is 0. The molecule has 0 atom stereocenters. The SMILES string of the molecule is N#CC(=C=[N-])C=C[N+](=O)[O-].[K+]. The number of hydrogen-bond acceptors (Lipinski definition) is 3. The van der Waals surface area contributed by atoms with E-state index in [9.17, 15) is 10.1 Å². The zero-order chi connectivity index (χ0) is 7.98. The van der Waals surface area contributed by atoms with Crippen molar-refractivity contribution in [3.05, 3.63) is 33.4 Å². The minimum absolute atomic E-state index is 0. The molecule has 5 nitrogen and oxygen atoms in total. The van der Waals surface area contributed by atoms with Crippen LogP contribution in [0.5, 0.6) is 0 Å². The molecule has 0 bridgehead atoms. The number of nitriles is 1. The van der Waals surface area contributed by atoms with Gasteiger partial charge in [-0.05, 0) is 0 Å². The van der Waals surface area contributed by atoms with Gasteiger partial charge in [0, 0.05) is 6.08 Å². The van der Waals surface area contributed by atoms with E-state index >= 15 is 0 Å². The molecule has 0 radical (unpaired) electrons. The molecule has 0 aliphatic heterocycles. The predicted molar refractivity (Wildman–Crippen MR) is 33.6 cm³/mol. The molecule has 11 heavy (non-hydrogen) atoms. The van der Waals surface area contributed by atoms with Gasteiger partial charge in [-0.25, -0.2) is 0 Å². The molecule has 0 fully saturated rings. The Bertz CT molecular complexity index is 259. The van der Waals surface area contributed by atoms with Crippen LogP contribution >= 0.6 is 0 Å². The third kappa shape index (κ3) is 7.61. The molecular weight excluding hydrogens is 173 g/mol. The summed E-state index contributed by atoms with van der Waals surface area (Å²) >= 11 is 0. The largest absolute Gasteiger partial charge is 1.00 e. The fraction of sp³-hybridized carbons (Fsp3) is 0. The first-order valence-electron chi connectivity index (χ1n) is 2.19. The van der Waals surface area contributed by atoms with E-state index in [1.54, 1.807) is 0 Å². The van der Waals surface area contributed by atoms with E-state index in [1.807, 2.05) is 0 Å². The van der Waals surface area contributed by atoms with Crippen molar-refractivity contribution in [1.29, 1.82) is 5.26 Å². The van der Waals surface area contributed by atoms with E-state index in [2.05, 4.69) is 0 Å². The molecule has 50 valence electrons. The molecule has 0 N–H and O–H groups in total. The summed E-state index contributed by atoms with van der Waals surface area (Å²) in [5, 5.41) is 25.7. The zero-order valence-electron chi connectivity index (χ0n) is 5.81. The van der Waals surface area contributed by atoms with Crippen LogP contribution in [0.3, 0.4) is 0 Å². The Morgan fingerprint density at radius 2 is 2.27 bits per heavy atom. The Balaban J connectivity index is 0. The van der Waals surface area contributed by atoms with Crippen LogP contribution < -0.4 is 51.4 Å². The molecule has 0 unspecified atom stereocenters. The molecular formula is C5H2KN3O2. The van der Waals surface area contributed by atoms with Crippen molar-refractivity contribution >= 4 is 5.87 Å². The summed E-state index contributed by atoms with van der Waals surface area (Å²) in [6.07, 6.45) is 1.39. The second-order valence-corrected chi connectivity index (χ2v) is 1.24. The summed E-state index contributed by atoms with van der Waals surface area (Å²) in [5.74, 6) is 1.47. The van der Waals surface area contributed by atoms with Crippen LogP contribution in [0.15, 0.2) is 17.8 Å². The molecule has 0 aromatic heterocycles. The van der Waals surface area contributed by atoms with Crippen molar-refractivity contribution in [2.75, 3.05) is 0 Å². The van der Waals surface area contributed by atoms with Gasteiger partial charge in [-0.15, -0.1) is 0 Å². The predicted octanol–water partition coefficient (Wildman–Crippen LogP) is -2.53. The number of rotatable bonds is 2. The normalized spacial score (nSPS) is 7.55. The van der Waals surface area contributed by atoms with E-state index in [0.717, 1.165) is 6.08 Å². The van der Waals surface area contributed by atoms with Gasteiger partial charge in [0.2, 0.25) is 6.20 Å². The third-order valence-corrected chi connectivity index (χ3v) is 0.604. The molecule has 0 spiro atoms. The van der Waals surface area contributed by atoms with Crippen molar-refractivity contribution in [3.8, 4) is 6.07 Å². The van der Waals surface area contributed by atoms with Crippen molar-refractivity contribution in [2.24, 2.45) is 0 Å².